The van der Waals surface area contributed by atoms with E-state index in [1.807, 2.05) is 0 Å². The number of alkyl halides is 1. The molecule has 2 bridgehead atoms. The highest BCUT2D eigenvalue weighted by atomic mass is 19.1. The second-order valence-electron chi connectivity index (χ2n) is 5.64. The lowest BCUT2D eigenvalue weighted by atomic mass is 9.99. The summed E-state index contributed by atoms with van der Waals surface area (Å²) in [6.45, 7) is 2.66. The van der Waals surface area contributed by atoms with E-state index >= 15 is 0 Å². The van der Waals surface area contributed by atoms with Crippen molar-refractivity contribution < 1.29 is 33.5 Å². The Labute approximate surface area is 130 Å². The fourth-order valence-corrected chi connectivity index (χ4v) is 2.81. The van der Waals surface area contributed by atoms with Crippen LogP contribution in [-0.2, 0) is 19.2 Å². The van der Waals surface area contributed by atoms with Gasteiger partial charge in [-0.05, 0) is 12.5 Å². The van der Waals surface area contributed by atoms with Crippen molar-refractivity contribution in [3.63, 3.8) is 0 Å². The van der Waals surface area contributed by atoms with Crippen LogP contribution in [0.2, 0.25) is 0 Å². The van der Waals surface area contributed by atoms with Crippen molar-refractivity contribution in [3.8, 4) is 0 Å². The number of rotatable bonds is 5. The summed E-state index contributed by atoms with van der Waals surface area (Å²) in [5, 5.41) is 12.0. The summed E-state index contributed by atoms with van der Waals surface area (Å²) < 4.78 is 18.2. The normalized spacial score (nSPS) is 28.3. The summed E-state index contributed by atoms with van der Waals surface area (Å²) in [7, 11) is 0. The molecule has 1 unspecified atom stereocenters. The third-order valence-corrected chi connectivity index (χ3v) is 3.95. The lowest BCUT2D eigenvalue weighted by Crippen LogP contribution is -2.56. The Bertz CT molecular complexity index is 578. The second kappa shape index (κ2) is 5.78. The number of aliphatic carboxylic acids is 1. The Morgan fingerprint density at radius 2 is 2.22 bits per heavy atom. The third-order valence-electron chi connectivity index (χ3n) is 3.95. The van der Waals surface area contributed by atoms with Crippen molar-refractivity contribution in [1.29, 1.82) is 0 Å². The van der Waals surface area contributed by atoms with E-state index in [1.165, 1.54) is 4.90 Å². The van der Waals surface area contributed by atoms with Crippen LogP contribution in [0.4, 0.5) is 9.18 Å². The van der Waals surface area contributed by atoms with E-state index in [0.717, 1.165) is 0 Å². The highest BCUT2D eigenvalue weighted by molar-refractivity contribution is 5.91. The fourth-order valence-electron chi connectivity index (χ4n) is 2.81. The number of ether oxygens (including phenoxy) is 1. The Morgan fingerprint density at radius 3 is 2.78 bits per heavy atom. The number of nitrogens with zero attached hydrogens (tertiary/aromatic N) is 2. The number of nitrogens with one attached hydrogen (secondary N) is 1. The van der Waals surface area contributed by atoms with E-state index in [1.54, 1.807) is 13.0 Å². The molecule has 0 radical (unpaired) electrons. The molecule has 2 N–H and O–H groups in total. The average molecular weight is 329 g/mol. The summed E-state index contributed by atoms with van der Waals surface area (Å²) >= 11 is 0. The van der Waals surface area contributed by atoms with Gasteiger partial charge in [-0.15, -0.1) is 0 Å². The highest BCUT2D eigenvalue weighted by Crippen LogP contribution is 2.30. The molecular formula is C13H16FN3O6. The molecule has 0 aliphatic carbocycles. The number of carbonyl (C=O) groups is 3. The first-order chi connectivity index (χ1) is 10.9. The first kappa shape index (κ1) is 15.7. The Balaban J connectivity index is 1.73. The molecule has 0 aromatic rings. The summed E-state index contributed by atoms with van der Waals surface area (Å²) in [5.74, 6) is -2.18. The number of hydroxylamine groups is 2. The van der Waals surface area contributed by atoms with Crippen molar-refractivity contribution in [3.05, 3.63) is 11.6 Å². The molecule has 3 atom stereocenters. The average Bonchev–Trinajstić information content (AvgIpc) is 2.68. The van der Waals surface area contributed by atoms with Crippen LogP contribution in [0.25, 0.3) is 0 Å². The van der Waals surface area contributed by atoms with Crippen LogP contribution in [0.15, 0.2) is 11.6 Å². The third kappa shape index (κ3) is 2.75. The molecule has 3 heterocycles. The van der Waals surface area contributed by atoms with Crippen LogP contribution >= 0.6 is 0 Å². The first-order valence-corrected chi connectivity index (χ1v) is 7.08. The highest BCUT2D eigenvalue weighted by Gasteiger charge is 2.49. The van der Waals surface area contributed by atoms with Crippen molar-refractivity contribution in [2.75, 3.05) is 19.8 Å². The number of carboxylic acid groups (broad SMARTS) is 1. The van der Waals surface area contributed by atoms with Crippen molar-refractivity contribution in [2.24, 2.45) is 0 Å². The van der Waals surface area contributed by atoms with E-state index < -0.39 is 30.4 Å². The van der Waals surface area contributed by atoms with Crippen molar-refractivity contribution in [1.82, 2.24) is 15.3 Å². The molecule has 23 heavy (non-hydrogen) atoms. The maximum atomic E-state index is 13.2. The maximum Gasteiger partial charge on any atom is 0.368 e. The zero-order valence-corrected chi connectivity index (χ0v) is 12.3. The van der Waals surface area contributed by atoms with Gasteiger partial charge in [-0.25, -0.2) is 18.8 Å². The Morgan fingerprint density at radius 1 is 1.52 bits per heavy atom. The van der Waals surface area contributed by atoms with Gasteiger partial charge in [0.15, 0.2) is 0 Å². The standard InChI is InChI=1S/C13H16FN3O6/c1-6-2-8-3-16(9(6)11(18)15-7-4-22-5-7)13(21)17(8)23-10(14)12(19)20/h2,7-10H,3-5H2,1H3,(H,15,18)(H,19,20)/t8-,9+,10?/m1/s1. The molecule has 3 aliphatic heterocycles. The molecule has 0 aromatic heterocycles. The lowest BCUT2D eigenvalue weighted by Gasteiger charge is -2.33. The summed E-state index contributed by atoms with van der Waals surface area (Å²) in [6.07, 6.45) is -1.04. The number of hydrogen-bond acceptors (Lipinski definition) is 5. The van der Waals surface area contributed by atoms with Crippen molar-refractivity contribution >= 4 is 17.9 Å². The van der Waals surface area contributed by atoms with Crippen LogP contribution < -0.4 is 5.32 Å². The van der Waals surface area contributed by atoms with Gasteiger partial charge < -0.3 is 20.1 Å². The van der Waals surface area contributed by atoms with Gasteiger partial charge in [-0.2, -0.15) is 5.06 Å². The minimum absolute atomic E-state index is 0.0830. The number of hydrogen-bond donors (Lipinski definition) is 2. The molecule has 3 rings (SSSR count). The van der Waals surface area contributed by atoms with Crippen LogP contribution in [0.5, 0.6) is 0 Å². The number of halogens is 1. The smallest absolute Gasteiger partial charge is 0.368 e. The first-order valence-electron chi connectivity index (χ1n) is 7.08. The fraction of sp³-hybridized carbons (Fsp3) is 0.615. The molecule has 126 valence electrons. The van der Waals surface area contributed by atoms with Gasteiger partial charge in [0.05, 0.1) is 31.8 Å². The molecule has 2 saturated heterocycles. The van der Waals surface area contributed by atoms with Gasteiger partial charge in [0.2, 0.25) is 5.91 Å². The topological polar surface area (TPSA) is 108 Å². The van der Waals surface area contributed by atoms with Gasteiger partial charge in [0.25, 0.3) is 0 Å². The largest absolute Gasteiger partial charge is 0.477 e. The van der Waals surface area contributed by atoms with Crippen LogP contribution in [0.3, 0.4) is 0 Å². The van der Waals surface area contributed by atoms with Gasteiger partial charge in [-0.3, -0.25) is 4.79 Å². The zero-order chi connectivity index (χ0) is 16.7. The SMILES string of the molecule is CC1=C[C@@H]2CN(C(=O)N2OC(F)C(=O)O)[C@@H]1C(=O)NC1COC1. The minimum atomic E-state index is -2.65. The number of amides is 3. The number of carbonyl (C=O) groups excluding carboxylic acids is 2. The van der Waals surface area contributed by atoms with Gasteiger partial charge >= 0.3 is 18.4 Å². The second-order valence-corrected chi connectivity index (χ2v) is 5.64. The predicted molar refractivity (Wildman–Crippen MR) is 71.6 cm³/mol. The van der Waals surface area contributed by atoms with Crippen LogP contribution in [0.1, 0.15) is 6.92 Å². The molecule has 2 fully saturated rings. The number of urea groups is 1. The number of carboxylic acids is 1. The Kier molecular flexibility index (Phi) is 3.94. The van der Waals surface area contributed by atoms with Gasteiger partial charge in [-0.1, -0.05) is 6.08 Å². The van der Waals surface area contributed by atoms with Crippen LogP contribution in [0, 0.1) is 0 Å². The molecule has 0 saturated carbocycles. The zero-order valence-electron chi connectivity index (χ0n) is 12.3. The number of fused-ring (bicyclic) bond motifs is 2. The van der Waals surface area contributed by atoms with Gasteiger partial charge in [0, 0.05) is 0 Å². The molecule has 3 aliphatic rings. The van der Waals surface area contributed by atoms with E-state index in [9.17, 15) is 18.8 Å². The van der Waals surface area contributed by atoms with E-state index in [4.69, 9.17) is 9.84 Å². The molecule has 10 heteroatoms. The monoisotopic (exact) mass is 329 g/mol. The van der Waals surface area contributed by atoms with E-state index in [2.05, 4.69) is 10.2 Å². The van der Waals surface area contributed by atoms with Crippen LogP contribution in [-0.4, -0.2) is 77.2 Å². The lowest BCUT2D eigenvalue weighted by molar-refractivity contribution is -0.219. The molecule has 9 nitrogen and oxygen atoms in total. The molecule has 0 aromatic carbocycles. The summed E-state index contributed by atoms with van der Waals surface area (Å²) in [4.78, 5) is 41.0. The van der Waals surface area contributed by atoms with Crippen molar-refractivity contribution in [2.45, 2.75) is 31.4 Å². The summed E-state index contributed by atoms with van der Waals surface area (Å²) in [5.41, 5.74) is 0.615. The predicted octanol–water partition coefficient (Wildman–Crippen LogP) is -0.752. The van der Waals surface area contributed by atoms with E-state index in [-0.39, 0.29) is 18.5 Å². The van der Waals surface area contributed by atoms with Gasteiger partial charge in [0.1, 0.15) is 6.04 Å². The molecule has 0 spiro atoms. The summed E-state index contributed by atoms with van der Waals surface area (Å²) in [6, 6.07) is -2.27. The van der Waals surface area contributed by atoms with E-state index in [0.29, 0.717) is 23.9 Å². The molecular weight excluding hydrogens is 313 g/mol. The molecule has 3 amide bonds. The Hall–Kier alpha value is -2.20. The quantitative estimate of drug-likeness (QED) is 0.643. The maximum absolute atomic E-state index is 13.2. The minimum Gasteiger partial charge on any atom is -0.477 e.